The molecule has 0 amide bonds. The number of nitrogens with one attached hydrogen (secondary N) is 1. The third-order valence-corrected chi connectivity index (χ3v) is 6.41. The van der Waals surface area contributed by atoms with Gasteiger partial charge in [-0.1, -0.05) is 35.3 Å². The predicted octanol–water partition coefficient (Wildman–Crippen LogP) is 6.41. The van der Waals surface area contributed by atoms with E-state index in [1.807, 2.05) is 54.6 Å². The number of benzene rings is 1. The van der Waals surface area contributed by atoms with Gasteiger partial charge in [-0.25, -0.2) is 0 Å². The second-order valence-electron chi connectivity index (χ2n) is 7.14. The summed E-state index contributed by atoms with van der Waals surface area (Å²) in [5.41, 5.74) is 1.61. The molecule has 0 spiro atoms. The summed E-state index contributed by atoms with van der Waals surface area (Å²) in [6, 6.07) is 18.5. The third-order valence-electron chi connectivity index (χ3n) is 5.24. The van der Waals surface area contributed by atoms with E-state index in [4.69, 9.17) is 44.3 Å². The number of rotatable bonds is 5. The van der Waals surface area contributed by atoms with Crippen molar-refractivity contribution in [1.29, 1.82) is 0 Å². The highest BCUT2D eigenvalue weighted by atomic mass is 35.5. The van der Waals surface area contributed by atoms with E-state index in [-0.39, 0.29) is 12.1 Å². The summed E-state index contributed by atoms with van der Waals surface area (Å²) >= 11 is 18.3. The van der Waals surface area contributed by atoms with Gasteiger partial charge in [-0.3, -0.25) is 4.98 Å². The van der Waals surface area contributed by atoms with Crippen LogP contribution in [0.4, 0.5) is 0 Å². The van der Waals surface area contributed by atoms with E-state index in [1.54, 1.807) is 18.5 Å². The Bertz CT molecular complexity index is 1210. The lowest BCUT2D eigenvalue weighted by molar-refractivity contribution is 0.253. The van der Waals surface area contributed by atoms with Crippen molar-refractivity contribution in [1.82, 2.24) is 15.2 Å². The first-order valence-corrected chi connectivity index (χ1v) is 10.8. The summed E-state index contributed by atoms with van der Waals surface area (Å²) in [5.74, 6) is 2.18. The van der Waals surface area contributed by atoms with Crippen molar-refractivity contribution < 1.29 is 8.83 Å². The van der Waals surface area contributed by atoms with Crippen LogP contribution in [0.3, 0.4) is 0 Å². The molecule has 8 heteroatoms. The van der Waals surface area contributed by atoms with E-state index < -0.39 is 0 Å². The summed E-state index contributed by atoms with van der Waals surface area (Å²) in [4.78, 5) is 6.59. The summed E-state index contributed by atoms with van der Waals surface area (Å²) in [7, 11) is 0. The molecule has 5 rings (SSSR count). The van der Waals surface area contributed by atoms with Gasteiger partial charge < -0.3 is 19.1 Å². The molecule has 0 radical (unpaired) electrons. The Morgan fingerprint density at radius 2 is 1.94 bits per heavy atom. The fourth-order valence-electron chi connectivity index (χ4n) is 3.81. The molecular formula is C23H17Cl2N3O2S. The molecule has 4 aromatic rings. The molecule has 1 aliphatic heterocycles. The Morgan fingerprint density at radius 3 is 2.71 bits per heavy atom. The number of thiocarbonyl (C=S) groups is 1. The van der Waals surface area contributed by atoms with E-state index >= 15 is 0 Å². The number of aromatic nitrogens is 1. The van der Waals surface area contributed by atoms with E-state index in [1.165, 1.54) is 0 Å². The molecule has 1 aromatic carbocycles. The molecule has 0 saturated carbocycles. The van der Waals surface area contributed by atoms with Crippen LogP contribution in [-0.2, 0) is 6.54 Å². The first kappa shape index (κ1) is 20.1. The average Bonchev–Trinajstić information content (AvgIpc) is 3.52. The van der Waals surface area contributed by atoms with Crippen LogP contribution < -0.4 is 5.32 Å². The van der Waals surface area contributed by atoms with Crippen LogP contribution in [0.2, 0.25) is 10.0 Å². The largest absolute Gasteiger partial charge is 0.467 e. The van der Waals surface area contributed by atoms with Crippen LogP contribution in [0.15, 0.2) is 82.0 Å². The second kappa shape index (κ2) is 8.38. The van der Waals surface area contributed by atoms with Gasteiger partial charge in [0, 0.05) is 11.8 Å². The summed E-state index contributed by atoms with van der Waals surface area (Å²) in [5, 5.41) is 4.94. The Hall–Kier alpha value is -2.80. The Labute approximate surface area is 194 Å². The smallest absolute Gasteiger partial charge is 0.170 e. The van der Waals surface area contributed by atoms with Crippen molar-refractivity contribution in [2.24, 2.45) is 0 Å². The zero-order valence-electron chi connectivity index (χ0n) is 16.2. The van der Waals surface area contributed by atoms with Crippen molar-refractivity contribution in [3.05, 3.63) is 100 Å². The van der Waals surface area contributed by atoms with Gasteiger partial charge in [0.1, 0.15) is 23.3 Å². The van der Waals surface area contributed by atoms with E-state index in [0.29, 0.717) is 27.5 Å². The molecule has 1 fully saturated rings. The normalized spacial score (nSPS) is 18.4. The highest BCUT2D eigenvalue weighted by Crippen LogP contribution is 2.42. The maximum Gasteiger partial charge on any atom is 0.170 e. The van der Waals surface area contributed by atoms with Gasteiger partial charge in [0.2, 0.25) is 0 Å². The number of pyridine rings is 1. The fourth-order valence-corrected chi connectivity index (χ4v) is 4.50. The monoisotopic (exact) mass is 469 g/mol. The topological polar surface area (TPSA) is 54.4 Å². The molecule has 0 aliphatic carbocycles. The molecule has 156 valence electrons. The summed E-state index contributed by atoms with van der Waals surface area (Å²) < 4.78 is 11.9. The third kappa shape index (κ3) is 3.83. The first-order valence-electron chi connectivity index (χ1n) is 9.66. The molecule has 5 nitrogen and oxygen atoms in total. The molecule has 0 unspecified atom stereocenters. The number of nitrogens with zero attached hydrogens (tertiary/aromatic N) is 2. The quantitative estimate of drug-likeness (QED) is 0.340. The molecular weight excluding hydrogens is 453 g/mol. The van der Waals surface area contributed by atoms with Gasteiger partial charge >= 0.3 is 0 Å². The van der Waals surface area contributed by atoms with Crippen molar-refractivity contribution >= 4 is 40.5 Å². The fraction of sp³-hybridized carbons (Fsp3) is 0.130. The number of halogens is 2. The minimum absolute atomic E-state index is 0.183. The van der Waals surface area contributed by atoms with Gasteiger partial charge in [0.05, 0.1) is 34.6 Å². The second-order valence-corrected chi connectivity index (χ2v) is 8.31. The molecule has 1 N–H and O–H groups in total. The SMILES string of the molecule is S=C1N[C@@H](c2ccccn2)[C@@H](c2ccc(-c3cccc(Cl)c3Cl)o2)N1Cc1ccco1. The minimum Gasteiger partial charge on any atom is -0.467 e. The highest BCUT2D eigenvalue weighted by molar-refractivity contribution is 7.80. The number of furan rings is 2. The predicted molar refractivity (Wildman–Crippen MR) is 124 cm³/mol. The molecule has 31 heavy (non-hydrogen) atoms. The molecule has 2 atom stereocenters. The van der Waals surface area contributed by atoms with Crippen molar-refractivity contribution in [2.75, 3.05) is 0 Å². The Morgan fingerprint density at radius 1 is 1.03 bits per heavy atom. The maximum absolute atomic E-state index is 6.41. The van der Waals surface area contributed by atoms with E-state index in [9.17, 15) is 0 Å². The van der Waals surface area contributed by atoms with Crippen LogP contribution in [0.25, 0.3) is 11.3 Å². The van der Waals surface area contributed by atoms with Crippen molar-refractivity contribution in [3.8, 4) is 11.3 Å². The van der Waals surface area contributed by atoms with Crippen molar-refractivity contribution in [2.45, 2.75) is 18.6 Å². The zero-order valence-corrected chi connectivity index (χ0v) is 18.5. The average molecular weight is 470 g/mol. The maximum atomic E-state index is 6.41. The van der Waals surface area contributed by atoms with Crippen LogP contribution in [0.5, 0.6) is 0 Å². The minimum atomic E-state index is -0.223. The number of hydrogen-bond donors (Lipinski definition) is 1. The Balaban J connectivity index is 1.56. The van der Waals surface area contributed by atoms with E-state index in [2.05, 4.69) is 15.2 Å². The zero-order chi connectivity index (χ0) is 21.4. The lowest BCUT2D eigenvalue weighted by atomic mass is 10.0. The van der Waals surface area contributed by atoms with E-state index in [0.717, 1.165) is 22.8 Å². The summed E-state index contributed by atoms with van der Waals surface area (Å²) in [6.07, 6.45) is 3.42. The van der Waals surface area contributed by atoms with Crippen LogP contribution in [0.1, 0.15) is 29.3 Å². The van der Waals surface area contributed by atoms with Gasteiger partial charge in [-0.2, -0.15) is 0 Å². The van der Waals surface area contributed by atoms with Gasteiger partial charge in [0.25, 0.3) is 0 Å². The van der Waals surface area contributed by atoms with Crippen LogP contribution in [-0.4, -0.2) is 15.0 Å². The first-order chi connectivity index (χ1) is 15.1. The molecule has 1 aliphatic rings. The van der Waals surface area contributed by atoms with Gasteiger partial charge in [-0.05, 0) is 60.7 Å². The highest BCUT2D eigenvalue weighted by Gasteiger charge is 2.42. The molecule has 0 bridgehead atoms. The lowest BCUT2D eigenvalue weighted by Crippen LogP contribution is -2.28. The molecule has 4 heterocycles. The van der Waals surface area contributed by atoms with Gasteiger partial charge in [0.15, 0.2) is 5.11 Å². The standard InChI is InChI=1S/C23H17Cl2N3O2S/c24-16-7-3-6-15(20(16)25)18-9-10-19(30-18)22-21(17-8-1-2-11-26-17)27-23(31)28(22)13-14-5-4-12-29-14/h1-12,21-22H,13H2,(H,27,31)/t21-,22+/m0/s1. The lowest BCUT2D eigenvalue weighted by Gasteiger charge is -2.25. The molecule has 1 saturated heterocycles. The van der Waals surface area contributed by atoms with Crippen molar-refractivity contribution in [3.63, 3.8) is 0 Å². The Kier molecular flexibility index (Phi) is 5.44. The van der Waals surface area contributed by atoms with Crippen LogP contribution >= 0.6 is 35.4 Å². The van der Waals surface area contributed by atoms with Crippen LogP contribution in [0, 0.1) is 0 Å². The molecule has 3 aromatic heterocycles. The number of hydrogen-bond acceptors (Lipinski definition) is 4. The summed E-state index contributed by atoms with van der Waals surface area (Å²) in [6.45, 7) is 0.501. The van der Waals surface area contributed by atoms with Gasteiger partial charge in [-0.15, -0.1) is 0 Å².